The Morgan fingerprint density at radius 3 is 2.39 bits per heavy atom. The Labute approximate surface area is 183 Å². The molecule has 8 heteroatoms. The number of hydrazone groups is 1. The van der Waals surface area contributed by atoms with E-state index in [1.807, 2.05) is 30.3 Å². The topological polar surface area (TPSA) is 54.4 Å². The molecule has 0 saturated heterocycles. The largest absolute Gasteiger partial charge is 0.454 e. The molecule has 31 heavy (non-hydrogen) atoms. The molecule has 2 heterocycles. The Hall–Kier alpha value is -3.58. The predicted octanol–water partition coefficient (Wildman–Crippen LogP) is 5.14. The molecule has 2 aliphatic rings. The van der Waals surface area contributed by atoms with Crippen molar-refractivity contribution in [3.63, 3.8) is 0 Å². The fraction of sp³-hybridized carbons (Fsp3) is 0.130. The Morgan fingerprint density at radius 1 is 1.00 bits per heavy atom. The van der Waals surface area contributed by atoms with Gasteiger partial charge in [0.2, 0.25) is 6.79 Å². The van der Waals surface area contributed by atoms with Crippen LogP contribution in [0.1, 0.15) is 18.7 Å². The van der Waals surface area contributed by atoms with Crippen LogP contribution in [0.15, 0.2) is 71.8 Å². The van der Waals surface area contributed by atoms with E-state index in [2.05, 4.69) is 5.10 Å². The zero-order valence-electron chi connectivity index (χ0n) is 16.5. The summed E-state index contributed by atoms with van der Waals surface area (Å²) in [5.74, 6) is 0.930. The van der Waals surface area contributed by atoms with Gasteiger partial charge in [-0.15, -0.1) is 5.10 Å². The first-order valence-electron chi connectivity index (χ1n) is 9.60. The number of rotatable bonds is 4. The summed E-state index contributed by atoms with van der Waals surface area (Å²) in [6.45, 7) is 1.61. The van der Waals surface area contributed by atoms with Gasteiger partial charge in [0.25, 0.3) is 0 Å². The van der Waals surface area contributed by atoms with Crippen molar-refractivity contribution in [1.29, 1.82) is 0 Å². The number of carbonyl (C=O) groups is 1. The minimum atomic E-state index is -0.514. The van der Waals surface area contributed by atoms with Crippen molar-refractivity contribution in [1.82, 2.24) is 0 Å². The van der Waals surface area contributed by atoms with Gasteiger partial charge in [-0.25, -0.2) is 9.40 Å². The zero-order chi connectivity index (χ0) is 21.5. The minimum Gasteiger partial charge on any atom is -0.454 e. The van der Waals surface area contributed by atoms with Gasteiger partial charge < -0.3 is 9.47 Å². The van der Waals surface area contributed by atoms with E-state index in [1.54, 1.807) is 34.2 Å². The SMILES string of the molecule is CC(=O)C1=NN(c2ccc(Cl)cc2)[C@H](c2ccc3c(c2)OCO3)N1c1ccc(F)cc1. The third-order valence-electron chi connectivity index (χ3n) is 5.11. The number of anilines is 2. The molecule has 3 aromatic carbocycles. The van der Waals surface area contributed by atoms with Crippen LogP contribution in [0.25, 0.3) is 0 Å². The van der Waals surface area contributed by atoms with Crippen LogP contribution in [0.3, 0.4) is 0 Å². The van der Waals surface area contributed by atoms with Gasteiger partial charge in [-0.1, -0.05) is 17.7 Å². The lowest BCUT2D eigenvalue weighted by molar-refractivity contribution is -0.111. The molecule has 5 rings (SSSR count). The van der Waals surface area contributed by atoms with Gasteiger partial charge in [0.1, 0.15) is 5.82 Å². The second-order valence-electron chi connectivity index (χ2n) is 7.13. The number of carbonyl (C=O) groups excluding carboxylic acids is 1. The highest BCUT2D eigenvalue weighted by molar-refractivity contribution is 6.44. The molecule has 0 bridgehead atoms. The molecule has 0 saturated carbocycles. The molecule has 6 nitrogen and oxygen atoms in total. The van der Waals surface area contributed by atoms with Gasteiger partial charge >= 0.3 is 0 Å². The van der Waals surface area contributed by atoms with Crippen molar-refractivity contribution in [3.8, 4) is 11.5 Å². The first kappa shape index (κ1) is 19.4. The molecule has 0 amide bonds. The number of ketones is 1. The summed E-state index contributed by atoms with van der Waals surface area (Å²) >= 11 is 6.07. The number of halogens is 2. The van der Waals surface area contributed by atoms with Crippen molar-refractivity contribution in [2.45, 2.75) is 13.1 Å². The molecule has 1 atom stereocenters. The lowest BCUT2D eigenvalue weighted by atomic mass is 10.1. The Bertz CT molecular complexity index is 1180. The van der Waals surface area contributed by atoms with E-state index in [1.165, 1.54) is 19.1 Å². The number of hydrogen-bond acceptors (Lipinski definition) is 6. The average molecular weight is 438 g/mol. The quantitative estimate of drug-likeness (QED) is 0.566. The number of benzene rings is 3. The molecular weight excluding hydrogens is 421 g/mol. The number of nitrogens with zero attached hydrogens (tertiary/aromatic N) is 3. The highest BCUT2D eigenvalue weighted by Gasteiger charge is 2.39. The van der Waals surface area contributed by atoms with E-state index < -0.39 is 6.17 Å². The van der Waals surface area contributed by atoms with Crippen molar-refractivity contribution in [3.05, 3.63) is 83.1 Å². The van der Waals surface area contributed by atoms with Gasteiger partial charge in [-0.3, -0.25) is 9.69 Å². The highest BCUT2D eigenvalue weighted by atomic mass is 35.5. The second kappa shape index (κ2) is 7.59. The van der Waals surface area contributed by atoms with Crippen LogP contribution in [0.5, 0.6) is 11.5 Å². The standard InChI is InChI=1S/C23H17ClFN3O3/c1-14(29)22-26-28(19-7-3-16(24)4-8-19)23(27(22)18-9-5-17(25)6-10-18)15-2-11-20-21(12-15)31-13-30-20/h2-12,23H,13H2,1H3/t23-/m1/s1. The van der Waals surface area contributed by atoms with E-state index in [4.69, 9.17) is 21.1 Å². The van der Waals surface area contributed by atoms with Crippen LogP contribution in [0, 0.1) is 5.82 Å². The van der Waals surface area contributed by atoms with E-state index in [0.29, 0.717) is 22.2 Å². The molecule has 0 radical (unpaired) electrons. The first-order valence-corrected chi connectivity index (χ1v) is 9.98. The molecule has 0 aromatic heterocycles. The van der Waals surface area contributed by atoms with Crippen molar-refractivity contribution < 1.29 is 18.7 Å². The molecule has 0 aliphatic carbocycles. The van der Waals surface area contributed by atoms with Crippen molar-refractivity contribution >= 4 is 34.6 Å². The van der Waals surface area contributed by atoms with Crippen LogP contribution in [0.4, 0.5) is 15.8 Å². The molecule has 156 valence electrons. The summed E-state index contributed by atoms with van der Waals surface area (Å²) < 4.78 is 24.6. The van der Waals surface area contributed by atoms with Gasteiger partial charge in [-0.05, 0) is 60.7 Å². The Balaban J connectivity index is 1.68. The number of fused-ring (bicyclic) bond motifs is 1. The number of amidine groups is 1. The molecule has 0 fully saturated rings. The van der Waals surface area contributed by atoms with Gasteiger partial charge in [0.05, 0.1) is 5.69 Å². The van der Waals surface area contributed by atoms with Crippen LogP contribution in [0.2, 0.25) is 5.02 Å². The van der Waals surface area contributed by atoms with E-state index in [-0.39, 0.29) is 24.2 Å². The number of hydrogen-bond donors (Lipinski definition) is 0. The Morgan fingerprint density at radius 2 is 1.68 bits per heavy atom. The third kappa shape index (κ3) is 3.47. The van der Waals surface area contributed by atoms with Crippen LogP contribution in [-0.2, 0) is 4.79 Å². The second-order valence-corrected chi connectivity index (χ2v) is 7.57. The van der Waals surface area contributed by atoms with Crippen LogP contribution >= 0.6 is 11.6 Å². The van der Waals surface area contributed by atoms with Gasteiger partial charge in [0, 0.05) is 23.2 Å². The lowest BCUT2D eigenvalue weighted by Crippen LogP contribution is -2.37. The van der Waals surface area contributed by atoms with Crippen LogP contribution in [-0.4, -0.2) is 18.4 Å². The fourth-order valence-corrected chi connectivity index (χ4v) is 3.82. The smallest absolute Gasteiger partial charge is 0.231 e. The maximum atomic E-state index is 13.6. The monoisotopic (exact) mass is 437 g/mol. The summed E-state index contributed by atoms with van der Waals surface area (Å²) in [4.78, 5) is 14.3. The fourth-order valence-electron chi connectivity index (χ4n) is 3.69. The molecule has 2 aliphatic heterocycles. The van der Waals surface area contributed by atoms with E-state index >= 15 is 0 Å². The van der Waals surface area contributed by atoms with Crippen molar-refractivity contribution in [2.75, 3.05) is 16.7 Å². The molecular formula is C23H17ClFN3O3. The summed E-state index contributed by atoms with van der Waals surface area (Å²) in [6, 6.07) is 18.7. The third-order valence-corrected chi connectivity index (χ3v) is 5.36. The minimum absolute atomic E-state index is 0.154. The summed E-state index contributed by atoms with van der Waals surface area (Å²) in [7, 11) is 0. The number of ether oxygens (including phenoxy) is 2. The maximum Gasteiger partial charge on any atom is 0.231 e. The van der Waals surface area contributed by atoms with Crippen LogP contribution < -0.4 is 19.4 Å². The lowest BCUT2D eigenvalue weighted by Gasteiger charge is -2.32. The number of Topliss-reactive ketones (excluding diaryl/α,β-unsaturated/α-hetero) is 1. The molecule has 0 spiro atoms. The summed E-state index contributed by atoms with van der Waals surface area (Å²) in [5, 5.41) is 6.97. The Kier molecular flexibility index (Phi) is 4.75. The normalized spacial score (nSPS) is 17.1. The average Bonchev–Trinajstić information content (AvgIpc) is 3.39. The highest BCUT2D eigenvalue weighted by Crippen LogP contribution is 2.42. The zero-order valence-corrected chi connectivity index (χ0v) is 17.2. The molecule has 0 N–H and O–H groups in total. The first-order chi connectivity index (χ1) is 15.0. The van der Waals surface area contributed by atoms with Crippen molar-refractivity contribution in [2.24, 2.45) is 5.10 Å². The maximum absolute atomic E-state index is 13.6. The van der Waals surface area contributed by atoms with E-state index in [0.717, 1.165) is 11.3 Å². The van der Waals surface area contributed by atoms with E-state index in [9.17, 15) is 9.18 Å². The van der Waals surface area contributed by atoms with Gasteiger partial charge in [-0.2, -0.15) is 0 Å². The molecule has 3 aromatic rings. The predicted molar refractivity (Wildman–Crippen MR) is 116 cm³/mol. The molecule has 0 unspecified atom stereocenters. The van der Waals surface area contributed by atoms with Gasteiger partial charge in [0.15, 0.2) is 29.3 Å². The summed E-state index contributed by atoms with van der Waals surface area (Å²) in [5.41, 5.74) is 2.20. The summed E-state index contributed by atoms with van der Waals surface area (Å²) in [6.07, 6.45) is -0.514.